The van der Waals surface area contributed by atoms with Crippen molar-refractivity contribution in [1.29, 1.82) is 0 Å². The second-order valence-electron chi connectivity index (χ2n) is 7.61. The van der Waals surface area contributed by atoms with E-state index in [1.165, 1.54) is 12.0 Å². The van der Waals surface area contributed by atoms with Gasteiger partial charge in [0.15, 0.2) is 0 Å². The molecule has 0 spiro atoms. The number of methoxy groups -OCH3 is 2. The molecule has 1 aliphatic heterocycles. The van der Waals surface area contributed by atoms with Crippen LogP contribution in [0.15, 0.2) is 72.3 Å². The highest BCUT2D eigenvalue weighted by Crippen LogP contribution is 2.43. The fourth-order valence-corrected chi connectivity index (χ4v) is 4.03. The van der Waals surface area contributed by atoms with Gasteiger partial charge in [-0.05, 0) is 54.4 Å². The van der Waals surface area contributed by atoms with Crippen LogP contribution in [0.1, 0.15) is 22.7 Å². The number of nitrogens with zero attached hydrogens (tertiary/aromatic N) is 1. The molecule has 3 aromatic rings. The van der Waals surface area contributed by atoms with Crippen LogP contribution in [0.5, 0.6) is 11.5 Å². The van der Waals surface area contributed by atoms with E-state index in [1.807, 2.05) is 6.92 Å². The Morgan fingerprint density at radius 1 is 0.939 bits per heavy atom. The summed E-state index contributed by atoms with van der Waals surface area (Å²) in [4.78, 5) is 27.8. The van der Waals surface area contributed by atoms with E-state index in [1.54, 1.807) is 73.8 Å². The zero-order chi connectivity index (χ0) is 23.7. The van der Waals surface area contributed by atoms with E-state index in [0.29, 0.717) is 33.3 Å². The highest BCUT2D eigenvalue weighted by Gasteiger charge is 2.47. The Hall–Kier alpha value is -3.77. The van der Waals surface area contributed by atoms with E-state index in [4.69, 9.17) is 21.1 Å². The van der Waals surface area contributed by atoms with E-state index < -0.39 is 17.7 Å². The number of ether oxygens (including phenoxy) is 2. The molecule has 7 heteroatoms. The van der Waals surface area contributed by atoms with Gasteiger partial charge in [-0.3, -0.25) is 14.5 Å². The van der Waals surface area contributed by atoms with Crippen molar-refractivity contribution in [2.75, 3.05) is 19.1 Å². The number of rotatable bonds is 5. The van der Waals surface area contributed by atoms with Gasteiger partial charge in [0, 0.05) is 16.3 Å². The monoisotopic (exact) mass is 463 g/mol. The van der Waals surface area contributed by atoms with Crippen molar-refractivity contribution in [1.82, 2.24) is 0 Å². The molecule has 1 fully saturated rings. The number of hydrogen-bond acceptors (Lipinski definition) is 5. The quantitative estimate of drug-likeness (QED) is 0.316. The van der Waals surface area contributed by atoms with E-state index in [2.05, 4.69) is 0 Å². The van der Waals surface area contributed by atoms with Gasteiger partial charge < -0.3 is 14.6 Å². The molecule has 0 aromatic heterocycles. The summed E-state index contributed by atoms with van der Waals surface area (Å²) in [7, 11) is 3.06. The Kier molecular flexibility index (Phi) is 6.11. The van der Waals surface area contributed by atoms with Crippen molar-refractivity contribution < 1.29 is 24.2 Å². The van der Waals surface area contributed by atoms with Crippen molar-refractivity contribution >= 4 is 34.7 Å². The predicted molar refractivity (Wildman–Crippen MR) is 127 cm³/mol. The Morgan fingerprint density at radius 2 is 1.64 bits per heavy atom. The number of carbonyl (C=O) groups excluding carboxylic acids is 2. The highest BCUT2D eigenvalue weighted by molar-refractivity contribution is 6.51. The van der Waals surface area contributed by atoms with E-state index in [9.17, 15) is 14.7 Å². The molecule has 1 N–H and O–H groups in total. The first-order chi connectivity index (χ1) is 15.8. The first-order valence-corrected chi connectivity index (χ1v) is 10.6. The van der Waals surface area contributed by atoms with Gasteiger partial charge in [0.25, 0.3) is 11.7 Å². The Labute approximate surface area is 196 Å². The number of amides is 1. The minimum Gasteiger partial charge on any atom is -0.507 e. The lowest BCUT2D eigenvalue weighted by Gasteiger charge is -2.26. The molecular weight excluding hydrogens is 442 g/mol. The van der Waals surface area contributed by atoms with Crippen LogP contribution in [-0.2, 0) is 9.59 Å². The number of benzene rings is 3. The third kappa shape index (κ3) is 4.05. The first-order valence-electron chi connectivity index (χ1n) is 10.2. The van der Waals surface area contributed by atoms with Crippen LogP contribution in [0.2, 0.25) is 5.02 Å². The van der Waals surface area contributed by atoms with Crippen LogP contribution >= 0.6 is 11.6 Å². The van der Waals surface area contributed by atoms with Crippen LogP contribution in [0.25, 0.3) is 5.76 Å². The molecule has 168 valence electrons. The zero-order valence-corrected chi connectivity index (χ0v) is 19.1. The molecule has 1 aliphatic rings. The van der Waals surface area contributed by atoms with Gasteiger partial charge in [0.05, 0.1) is 25.8 Å². The van der Waals surface area contributed by atoms with Crippen molar-refractivity contribution in [3.05, 3.63) is 94.0 Å². The van der Waals surface area contributed by atoms with Gasteiger partial charge in [-0.15, -0.1) is 0 Å². The minimum absolute atomic E-state index is 0.0184. The maximum Gasteiger partial charge on any atom is 0.300 e. The predicted octanol–water partition coefficient (Wildman–Crippen LogP) is 5.29. The average Bonchev–Trinajstić information content (AvgIpc) is 3.10. The van der Waals surface area contributed by atoms with Gasteiger partial charge in [0.2, 0.25) is 0 Å². The fraction of sp³-hybridized carbons (Fsp3) is 0.154. The Morgan fingerprint density at radius 3 is 2.27 bits per heavy atom. The van der Waals surface area contributed by atoms with Crippen molar-refractivity contribution in [3.63, 3.8) is 0 Å². The molecule has 0 radical (unpaired) electrons. The van der Waals surface area contributed by atoms with Crippen molar-refractivity contribution in [2.24, 2.45) is 0 Å². The summed E-state index contributed by atoms with van der Waals surface area (Å²) in [5.74, 6) is -0.678. The van der Waals surface area contributed by atoms with Crippen LogP contribution in [0, 0.1) is 6.92 Å². The van der Waals surface area contributed by atoms with Gasteiger partial charge in [0.1, 0.15) is 17.3 Å². The number of aryl methyl sites for hydroxylation is 1. The molecule has 6 nitrogen and oxygen atoms in total. The van der Waals surface area contributed by atoms with Gasteiger partial charge in [-0.25, -0.2) is 0 Å². The second kappa shape index (κ2) is 9.00. The molecule has 4 rings (SSSR count). The van der Waals surface area contributed by atoms with E-state index in [-0.39, 0.29) is 11.3 Å². The van der Waals surface area contributed by atoms with Crippen LogP contribution in [-0.4, -0.2) is 31.0 Å². The second-order valence-corrected chi connectivity index (χ2v) is 8.01. The van der Waals surface area contributed by atoms with Crippen LogP contribution in [0.4, 0.5) is 5.69 Å². The molecule has 1 unspecified atom stereocenters. The molecule has 0 aliphatic carbocycles. The molecule has 33 heavy (non-hydrogen) atoms. The van der Waals surface area contributed by atoms with Gasteiger partial charge in [-0.1, -0.05) is 41.9 Å². The molecule has 3 aromatic carbocycles. The lowest BCUT2D eigenvalue weighted by Crippen LogP contribution is -2.29. The Balaban J connectivity index is 1.94. The third-order valence-electron chi connectivity index (χ3n) is 5.65. The van der Waals surface area contributed by atoms with Crippen LogP contribution in [0.3, 0.4) is 0 Å². The maximum absolute atomic E-state index is 13.2. The molecule has 1 atom stereocenters. The van der Waals surface area contributed by atoms with Crippen LogP contribution < -0.4 is 14.4 Å². The summed E-state index contributed by atoms with van der Waals surface area (Å²) in [5.41, 5.74) is 2.28. The smallest absolute Gasteiger partial charge is 0.300 e. The summed E-state index contributed by atoms with van der Waals surface area (Å²) in [6.07, 6.45) is 0. The number of carbonyl (C=O) groups is 2. The normalized spacial score (nSPS) is 17.3. The summed E-state index contributed by atoms with van der Waals surface area (Å²) < 4.78 is 10.5. The van der Waals surface area contributed by atoms with Gasteiger partial charge in [-0.2, -0.15) is 0 Å². The molecule has 0 saturated carbocycles. The SMILES string of the molecule is COc1ccc(C2/C(=C(\O)c3cccc(OC)c3)C(=O)C(=O)N2c2ccc(C)c(Cl)c2)cc1. The zero-order valence-electron chi connectivity index (χ0n) is 18.3. The molecule has 0 bridgehead atoms. The summed E-state index contributed by atoms with van der Waals surface area (Å²) in [6.45, 7) is 1.85. The summed E-state index contributed by atoms with van der Waals surface area (Å²) in [5, 5.41) is 11.7. The number of ketones is 1. The average molecular weight is 464 g/mol. The standard InChI is InChI=1S/C26H22ClNO5/c1-15-7-10-18(14-21(15)27)28-23(16-8-11-19(32-2)12-9-16)22(25(30)26(28)31)24(29)17-5-4-6-20(13-17)33-3/h4-14,23,29H,1-3H3/b24-22+. The lowest BCUT2D eigenvalue weighted by atomic mass is 9.95. The number of aliphatic hydroxyl groups is 1. The molecule has 1 saturated heterocycles. The summed E-state index contributed by atoms with van der Waals surface area (Å²) >= 11 is 6.32. The fourth-order valence-electron chi connectivity index (χ4n) is 3.86. The number of aliphatic hydroxyl groups excluding tert-OH is 1. The molecule has 1 amide bonds. The highest BCUT2D eigenvalue weighted by atomic mass is 35.5. The number of Topliss-reactive ketones (excluding diaryl/α,β-unsaturated/α-hetero) is 1. The minimum atomic E-state index is -0.860. The summed E-state index contributed by atoms with van der Waals surface area (Å²) in [6, 6.07) is 18.0. The topological polar surface area (TPSA) is 76.1 Å². The maximum atomic E-state index is 13.2. The largest absolute Gasteiger partial charge is 0.507 e. The number of halogens is 1. The first kappa shape index (κ1) is 22.4. The molecular formula is C26H22ClNO5. The van der Waals surface area contributed by atoms with E-state index in [0.717, 1.165) is 5.56 Å². The van der Waals surface area contributed by atoms with E-state index >= 15 is 0 Å². The number of anilines is 1. The lowest BCUT2D eigenvalue weighted by molar-refractivity contribution is -0.132. The van der Waals surface area contributed by atoms with Crippen molar-refractivity contribution in [2.45, 2.75) is 13.0 Å². The Bertz CT molecular complexity index is 1270. The number of hydrogen-bond donors (Lipinski definition) is 1. The third-order valence-corrected chi connectivity index (χ3v) is 6.06. The molecule has 1 heterocycles. The van der Waals surface area contributed by atoms with Gasteiger partial charge >= 0.3 is 0 Å². The van der Waals surface area contributed by atoms with Crippen molar-refractivity contribution in [3.8, 4) is 11.5 Å².